The molecule has 0 spiro atoms. The van der Waals surface area contributed by atoms with Crippen LogP contribution in [0.3, 0.4) is 0 Å². The number of nitrogens with zero attached hydrogens (tertiary/aromatic N) is 5. The third-order valence-electron chi connectivity index (χ3n) is 5.21. The monoisotopic (exact) mass is 442 g/mol. The molecule has 0 aliphatic heterocycles. The number of aromatic nitrogens is 5. The first kappa shape index (κ1) is 21.2. The molecule has 0 saturated carbocycles. The first-order valence-corrected chi connectivity index (χ1v) is 12.5. The van der Waals surface area contributed by atoms with Gasteiger partial charge in [0, 0.05) is 47.8 Å². The predicted molar refractivity (Wildman–Crippen MR) is 127 cm³/mol. The van der Waals surface area contributed by atoms with Gasteiger partial charge in [-0.3, -0.25) is 0 Å². The smallest absolute Gasteiger partial charge is 0.214 e. The highest BCUT2D eigenvalue weighted by atomic mass is 32.2. The van der Waals surface area contributed by atoms with E-state index in [4.69, 9.17) is 9.72 Å². The fourth-order valence-corrected chi connectivity index (χ4v) is 6.87. The molecule has 0 amide bonds. The van der Waals surface area contributed by atoms with Crippen LogP contribution in [0, 0.1) is 6.92 Å². The van der Waals surface area contributed by atoms with Crippen LogP contribution in [-0.4, -0.2) is 50.7 Å². The minimum atomic E-state index is 0.00199. The van der Waals surface area contributed by atoms with Gasteiger partial charge in [-0.15, -0.1) is 5.10 Å². The molecule has 158 valence electrons. The lowest BCUT2D eigenvalue weighted by Crippen LogP contribution is -2.13. The summed E-state index contributed by atoms with van der Waals surface area (Å²) in [6.07, 6.45) is 4.16. The largest absolute Gasteiger partial charge is 0.380 e. The molecule has 4 aromatic heterocycles. The van der Waals surface area contributed by atoms with Crippen molar-refractivity contribution in [3.05, 3.63) is 29.5 Å². The van der Waals surface area contributed by atoms with Crippen LogP contribution < -0.4 is 0 Å². The second-order valence-corrected chi connectivity index (χ2v) is 11.9. The summed E-state index contributed by atoms with van der Waals surface area (Å²) in [5, 5.41) is 9.99. The summed E-state index contributed by atoms with van der Waals surface area (Å²) >= 11 is 1.82. The summed E-state index contributed by atoms with van der Waals surface area (Å²) in [5.41, 5.74) is 6.04. The van der Waals surface area contributed by atoms with E-state index in [1.807, 2.05) is 30.6 Å². The number of hydrogen-bond acceptors (Lipinski definition) is 6. The third kappa shape index (κ3) is 3.84. The van der Waals surface area contributed by atoms with Gasteiger partial charge in [0.15, 0.2) is 0 Å². The number of rotatable bonds is 5. The Morgan fingerprint density at radius 2 is 1.97 bits per heavy atom. The Bertz CT molecular complexity index is 1220. The molecule has 0 aliphatic rings. The molecular weight excluding hydrogens is 414 g/mol. The van der Waals surface area contributed by atoms with E-state index in [1.54, 1.807) is 11.9 Å². The molecule has 4 rings (SSSR count). The maximum Gasteiger partial charge on any atom is 0.214 e. The molecule has 0 fully saturated rings. The van der Waals surface area contributed by atoms with Gasteiger partial charge in [-0.2, -0.15) is 9.90 Å². The van der Waals surface area contributed by atoms with Crippen LogP contribution in [0.1, 0.15) is 31.9 Å². The number of fused-ring (bicyclic) bond motifs is 2. The summed E-state index contributed by atoms with van der Waals surface area (Å²) in [7, 11) is 3.72. The molecule has 4 heterocycles. The van der Waals surface area contributed by atoms with Gasteiger partial charge in [-0.25, -0.2) is 9.97 Å². The molecular formula is C22H28N5OS2+. The van der Waals surface area contributed by atoms with Crippen LogP contribution in [0.25, 0.3) is 32.6 Å². The van der Waals surface area contributed by atoms with Crippen molar-refractivity contribution < 1.29 is 4.74 Å². The lowest BCUT2D eigenvalue weighted by atomic mass is 9.84. The summed E-state index contributed by atoms with van der Waals surface area (Å²) in [5.74, 6) is 1.04. The standard InChI is InChI=1S/C22H28N5OS2/c1-13-18-15(22(2,3)4)11-16(14-10-17-19(23-12-14)26-27(5)25-17)24-20(18)29-21(13)30(7)9-8-28-6/h10-12H,8-9H2,1-7H3/q+1. The van der Waals surface area contributed by atoms with E-state index in [9.17, 15) is 0 Å². The van der Waals surface area contributed by atoms with E-state index in [2.05, 4.69) is 55.2 Å². The van der Waals surface area contributed by atoms with Crippen molar-refractivity contribution in [2.24, 2.45) is 7.05 Å². The molecule has 0 saturated heterocycles. The van der Waals surface area contributed by atoms with Crippen molar-refractivity contribution in [3.63, 3.8) is 0 Å². The van der Waals surface area contributed by atoms with Crippen LogP contribution in [0.2, 0.25) is 0 Å². The van der Waals surface area contributed by atoms with E-state index in [1.165, 1.54) is 20.7 Å². The third-order valence-corrected chi connectivity index (χ3v) is 9.01. The Hall–Kier alpha value is -2.03. The molecule has 8 heteroatoms. The zero-order valence-corrected chi connectivity index (χ0v) is 20.2. The van der Waals surface area contributed by atoms with Crippen LogP contribution >= 0.6 is 11.3 Å². The second kappa shape index (κ2) is 7.90. The van der Waals surface area contributed by atoms with E-state index in [-0.39, 0.29) is 16.3 Å². The van der Waals surface area contributed by atoms with E-state index in [0.717, 1.165) is 34.0 Å². The minimum absolute atomic E-state index is 0.00199. The normalized spacial score (nSPS) is 13.4. The molecule has 0 aromatic carbocycles. The van der Waals surface area contributed by atoms with Crippen LogP contribution in [0.15, 0.2) is 22.5 Å². The summed E-state index contributed by atoms with van der Waals surface area (Å²) in [6.45, 7) is 9.82. The van der Waals surface area contributed by atoms with Gasteiger partial charge in [-0.1, -0.05) is 32.1 Å². The van der Waals surface area contributed by atoms with Gasteiger partial charge in [0.25, 0.3) is 0 Å². The molecule has 6 nitrogen and oxygen atoms in total. The molecule has 0 bridgehead atoms. The van der Waals surface area contributed by atoms with Crippen molar-refractivity contribution in [2.75, 3.05) is 25.7 Å². The maximum atomic E-state index is 5.32. The Balaban J connectivity index is 1.90. The van der Waals surface area contributed by atoms with Crippen LogP contribution in [-0.2, 0) is 28.1 Å². The summed E-state index contributed by atoms with van der Waals surface area (Å²) in [6, 6.07) is 4.26. The van der Waals surface area contributed by atoms with Crippen molar-refractivity contribution in [2.45, 2.75) is 37.3 Å². The zero-order chi connectivity index (χ0) is 21.6. The number of thiophene rings is 1. The van der Waals surface area contributed by atoms with E-state index in [0.29, 0.717) is 5.65 Å². The van der Waals surface area contributed by atoms with Gasteiger partial charge in [0.2, 0.25) is 9.86 Å². The molecule has 0 aliphatic carbocycles. The summed E-state index contributed by atoms with van der Waals surface area (Å²) in [4.78, 5) is 12.2. The van der Waals surface area contributed by atoms with Gasteiger partial charge < -0.3 is 4.74 Å². The zero-order valence-electron chi connectivity index (χ0n) is 18.6. The van der Waals surface area contributed by atoms with Gasteiger partial charge in [0.05, 0.1) is 12.3 Å². The fraction of sp³-hybridized carbons (Fsp3) is 0.455. The molecule has 0 radical (unpaired) electrons. The first-order valence-electron chi connectivity index (χ1n) is 9.92. The van der Waals surface area contributed by atoms with Crippen LogP contribution in [0.5, 0.6) is 0 Å². The molecule has 1 atom stereocenters. The fourth-order valence-electron chi connectivity index (χ4n) is 3.65. The number of pyridine rings is 2. The maximum absolute atomic E-state index is 5.32. The number of methoxy groups -OCH3 is 1. The van der Waals surface area contributed by atoms with E-state index < -0.39 is 0 Å². The number of ether oxygens (including phenoxy) is 1. The highest BCUT2D eigenvalue weighted by molar-refractivity contribution is 7.98. The highest BCUT2D eigenvalue weighted by Gasteiger charge is 2.29. The van der Waals surface area contributed by atoms with Crippen molar-refractivity contribution >= 4 is 43.6 Å². The minimum Gasteiger partial charge on any atom is -0.380 e. The highest BCUT2D eigenvalue weighted by Crippen LogP contribution is 2.41. The van der Waals surface area contributed by atoms with Crippen LogP contribution in [0.4, 0.5) is 0 Å². The van der Waals surface area contributed by atoms with Gasteiger partial charge in [-0.05, 0) is 30.0 Å². The SMILES string of the molecule is COCC[S+](C)c1sc2nc(-c3cnc4nn(C)nc4c3)cc(C(C)(C)C)c2c1C. The molecule has 1 unspecified atom stereocenters. The first-order chi connectivity index (χ1) is 14.2. The number of aryl methyl sites for hydroxylation is 2. The quantitative estimate of drug-likeness (QED) is 0.426. The lowest BCUT2D eigenvalue weighted by Gasteiger charge is -2.21. The van der Waals surface area contributed by atoms with Gasteiger partial charge in [0.1, 0.15) is 22.4 Å². The average molecular weight is 443 g/mol. The van der Waals surface area contributed by atoms with Crippen molar-refractivity contribution in [3.8, 4) is 11.3 Å². The summed E-state index contributed by atoms with van der Waals surface area (Å²) < 4.78 is 6.75. The second-order valence-electron chi connectivity index (χ2n) is 8.59. The Labute approximate surface area is 184 Å². The Kier molecular flexibility index (Phi) is 5.59. The Morgan fingerprint density at radius 1 is 1.20 bits per heavy atom. The van der Waals surface area contributed by atoms with Gasteiger partial charge >= 0.3 is 0 Å². The molecule has 0 N–H and O–H groups in total. The molecule has 30 heavy (non-hydrogen) atoms. The topological polar surface area (TPSA) is 65.7 Å². The Morgan fingerprint density at radius 3 is 2.67 bits per heavy atom. The average Bonchev–Trinajstić information content (AvgIpc) is 3.23. The number of hydrogen-bond donors (Lipinski definition) is 0. The predicted octanol–water partition coefficient (Wildman–Crippen LogP) is 4.50. The lowest BCUT2D eigenvalue weighted by molar-refractivity contribution is 0.218. The molecule has 4 aromatic rings. The van der Waals surface area contributed by atoms with E-state index >= 15 is 0 Å². The van der Waals surface area contributed by atoms with Crippen molar-refractivity contribution in [1.82, 2.24) is 25.0 Å². The van der Waals surface area contributed by atoms with Crippen molar-refractivity contribution in [1.29, 1.82) is 0 Å².